The van der Waals surface area contributed by atoms with Crippen LogP contribution in [-0.4, -0.2) is 66.5 Å². The van der Waals surface area contributed by atoms with Gasteiger partial charge in [-0.3, -0.25) is 9.69 Å². The normalized spacial score (nSPS) is 14.6. The van der Waals surface area contributed by atoms with E-state index in [2.05, 4.69) is 25.1 Å². The van der Waals surface area contributed by atoms with E-state index in [-0.39, 0.29) is 11.9 Å². The zero-order valence-electron chi connectivity index (χ0n) is 12.5. The molecule has 2 N–H and O–H groups in total. The third kappa shape index (κ3) is 5.59. The Labute approximate surface area is 116 Å². The Morgan fingerprint density at radius 1 is 1.33 bits per heavy atom. The molecule has 0 fully saturated rings. The molecule has 0 aliphatic heterocycles. The monoisotopic (exact) mass is 275 g/mol. The molecule has 0 heterocycles. The zero-order chi connectivity index (χ0) is 14.1. The smallest absolute Gasteiger partial charge is 0.224 e. The lowest BCUT2D eigenvalue weighted by Crippen LogP contribution is -2.47. The summed E-state index contributed by atoms with van der Waals surface area (Å²) >= 11 is 1.82. The fourth-order valence-electron chi connectivity index (χ4n) is 2.02. The molecule has 4 nitrogen and oxygen atoms in total. The van der Waals surface area contributed by atoms with Crippen LogP contribution in [0.4, 0.5) is 0 Å². The van der Waals surface area contributed by atoms with Crippen molar-refractivity contribution >= 4 is 17.7 Å². The van der Waals surface area contributed by atoms with Crippen LogP contribution in [0.2, 0.25) is 0 Å². The quantitative estimate of drug-likeness (QED) is 0.688. The van der Waals surface area contributed by atoms with E-state index in [1.54, 1.807) is 0 Å². The van der Waals surface area contributed by atoms with Crippen LogP contribution in [0.1, 0.15) is 27.2 Å². The lowest BCUT2D eigenvalue weighted by molar-refractivity contribution is -0.132. The summed E-state index contributed by atoms with van der Waals surface area (Å²) in [6.45, 7) is 8.29. The van der Waals surface area contributed by atoms with Crippen LogP contribution >= 0.6 is 11.8 Å². The van der Waals surface area contributed by atoms with Gasteiger partial charge >= 0.3 is 0 Å². The van der Waals surface area contributed by atoms with Gasteiger partial charge in [-0.2, -0.15) is 11.8 Å². The Bertz CT molecular complexity index is 234. The van der Waals surface area contributed by atoms with Gasteiger partial charge in [-0.25, -0.2) is 0 Å². The highest BCUT2D eigenvalue weighted by molar-refractivity contribution is 7.98. The van der Waals surface area contributed by atoms with Crippen molar-refractivity contribution in [2.24, 2.45) is 5.73 Å². The second-order valence-corrected chi connectivity index (χ2v) is 5.54. The molecule has 0 aromatic rings. The predicted octanol–water partition coefficient (Wildman–Crippen LogP) is 1.26. The van der Waals surface area contributed by atoms with Crippen LogP contribution < -0.4 is 5.73 Å². The SMILES string of the molecule is CCN(CC)C(=O)CC(CN)N(C)C(C)CSC. The van der Waals surface area contributed by atoms with Gasteiger partial charge in [-0.05, 0) is 34.1 Å². The summed E-state index contributed by atoms with van der Waals surface area (Å²) < 4.78 is 0. The molecule has 0 aromatic carbocycles. The first kappa shape index (κ1) is 17.7. The summed E-state index contributed by atoms with van der Waals surface area (Å²) in [5.41, 5.74) is 5.82. The second kappa shape index (κ2) is 9.64. The van der Waals surface area contributed by atoms with Crippen molar-refractivity contribution in [1.82, 2.24) is 9.80 Å². The average Bonchev–Trinajstić information content (AvgIpc) is 2.36. The highest BCUT2D eigenvalue weighted by atomic mass is 32.2. The van der Waals surface area contributed by atoms with Gasteiger partial charge in [0.25, 0.3) is 0 Å². The second-order valence-electron chi connectivity index (χ2n) is 4.63. The van der Waals surface area contributed by atoms with Crippen LogP contribution in [0.5, 0.6) is 0 Å². The molecular formula is C13H29N3OS. The van der Waals surface area contributed by atoms with Gasteiger partial charge in [0.15, 0.2) is 0 Å². The minimum Gasteiger partial charge on any atom is -0.343 e. The molecule has 1 amide bonds. The van der Waals surface area contributed by atoms with Gasteiger partial charge in [-0.1, -0.05) is 0 Å². The molecule has 0 radical (unpaired) electrons. The lowest BCUT2D eigenvalue weighted by atomic mass is 10.1. The summed E-state index contributed by atoms with van der Waals surface area (Å²) in [5.74, 6) is 1.27. The number of carbonyl (C=O) groups excluding carboxylic acids is 1. The summed E-state index contributed by atoms with van der Waals surface area (Å²) in [6.07, 6.45) is 2.62. The Morgan fingerprint density at radius 3 is 2.28 bits per heavy atom. The molecule has 0 saturated heterocycles. The Morgan fingerprint density at radius 2 is 1.89 bits per heavy atom. The summed E-state index contributed by atoms with van der Waals surface area (Å²) in [5, 5.41) is 0. The van der Waals surface area contributed by atoms with Crippen LogP contribution in [0.3, 0.4) is 0 Å². The van der Waals surface area contributed by atoms with E-state index in [4.69, 9.17) is 5.73 Å². The molecule has 0 aliphatic rings. The minimum atomic E-state index is 0.139. The largest absolute Gasteiger partial charge is 0.343 e. The van der Waals surface area contributed by atoms with E-state index in [9.17, 15) is 4.79 Å². The number of amides is 1. The van der Waals surface area contributed by atoms with Crippen LogP contribution in [0, 0.1) is 0 Å². The standard InChI is InChI=1S/C13H29N3OS/c1-6-16(7-2)13(17)8-12(9-14)15(4)11(3)10-18-5/h11-12H,6-10,14H2,1-5H3. The number of thioether (sulfide) groups is 1. The maximum atomic E-state index is 12.1. The number of carbonyl (C=O) groups is 1. The molecule has 5 heteroatoms. The molecule has 0 bridgehead atoms. The van der Waals surface area contributed by atoms with Crippen LogP contribution in [0.25, 0.3) is 0 Å². The molecule has 0 rings (SSSR count). The number of rotatable bonds is 9. The Balaban J connectivity index is 4.45. The maximum absolute atomic E-state index is 12.1. The summed E-state index contributed by atoms with van der Waals surface area (Å²) in [7, 11) is 2.06. The number of nitrogens with two attached hydrogens (primary N) is 1. The molecule has 2 atom stereocenters. The third-order valence-corrected chi connectivity index (χ3v) is 4.29. The van der Waals surface area contributed by atoms with Crippen molar-refractivity contribution in [3.05, 3.63) is 0 Å². The minimum absolute atomic E-state index is 0.139. The van der Waals surface area contributed by atoms with Crippen molar-refractivity contribution in [2.75, 3.05) is 38.7 Å². The first-order valence-corrected chi connectivity index (χ1v) is 8.09. The van der Waals surface area contributed by atoms with E-state index >= 15 is 0 Å². The predicted molar refractivity (Wildman–Crippen MR) is 81.0 cm³/mol. The Kier molecular flexibility index (Phi) is 9.50. The molecule has 0 aromatic heterocycles. The summed E-state index contributed by atoms with van der Waals surface area (Å²) in [4.78, 5) is 16.2. The molecule has 18 heavy (non-hydrogen) atoms. The molecule has 108 valence electrons. The highest BCUT2D eigenvalue weighted by Gasteiger charge is 2.22. The topological polar surface area (TPSA) is 49.6 Å². The van der Waals surface area contributed by atoms with E-state index in [0.717, 1.165) is 18.8 Å². The van der Waals surface area contributed by atoms with E-state index < -0.39 is 0 Å². The van der Waals surface area contributed by atoms with Crippen molar-refractivity contribution in [2.45, 2.75) is 39.3 Å². The number of nitrogens with zero attached hydrogens (tertiary/aromatic N) is 2. The van der Waals surface area contributed by atoms with Gasteiger partial charge in [0.05, 0.1) is 0 Å². The molecule has 0 aliphatic carbocycles. The summed E-state index contributed by atoms with van der Waals surface area (Å²) in [6, 6.07) is 0.582. The number of hydrogen-bond acceptors (Lipinski definition) is 4. The van der Waals surface area contributed by atoms with E-state index in [1.165, 1.54) is 0 Å². The van der Waals surface area contributed by atoms with Crippen molar-refractivity contribution < 1.29 is 4.79 Å². The van der Waals surface area contributed by atoms with Gasteiger partial charge in [-0.15, -0.1) is 0 Å². The molecule has 0 saturated carbocycles. The molecule has 0 spiro atoms. The van der Waals surface area contributed by atoms with Crippen LogP contribution in [-0.2, 0) is 4.79 Å². The van der Waals surface area contributed by atoms with Gasteiger partial charge in [0.2, 0.25) is 5.91 Å². The Hall–Kier alpha value is -0.260. The van der Waals surface area contributed by atoms with E-state index in [1.807, 2.05) is 30.5 Å². The first-order chi connectivity index (χ1) is 8.51. The van der Waals surface area contributed by atoms with Gasteiger partial charge in [0, 0.05) is 43.9 Å². The average molecular weight is 275 g/mol. The first-order valence-electron chi connectivity index (χ1n) is 6.70. The van der Waals surface area contributed by atoms with E-state index in [0.29, 0.717) is 19.0 Å². The van der Waals surface area contributed by atoms with Crippen molar-refractivity contribution in [1.29, 1.82) is 0 Å². The fourth-order valence-corrected chi connectivity index (χ4v) is 2.74. The van der Waals surface area contributed by atoms with Crippen molar-refractivity contribution in [3.8, 4) is 0 Å². The van der Waals surface area contributed by atoms with Crippen molar-refractivity contribution in [3.63, 3.8) is 0 Å². The third-order valence-electron chi connectivity index (χ3n) is 3.48. The van der Waals surface area contributed by atoms with Gasteiger partial charge in [0.1, 0.15) is 0 Å². The number of likely N-dealkylation sites (N-methyl/N-ethyl adjacent to an activating group) is 1. The maximum Gasteiger partial charge on any atom is 0.224 e. The lowest BCUT2D eigenvalue weighted by Gasteiger charge is -2.33. The van der Waals surface area contributed by atoms with Crippen LogP contribution in [0.15, 0.2) is 0 Å². The fraction of sp³-hybridized carbons (Fsp3) is 0.923. The zero-order valence-corrected chi connectivity index (χ0v) is 13.3. The van der Waals surface area contributed by atoms with Gasteiger partial charge < -0.3 is 10.6 Å². The number of hydrogen-bond donors (Lipinski definition) is 1. The molecule has 2 unspecified atom stereocenters. The molecular weight excluding hydrogens is 246 g/mol. The highest BCUT2D eigenvalue weighted by Crippen LogP contribution is 2.11.